The van der Waals surface area contributed by atoms with Crippen LogP contribution in [0.5, 0.6) is 5.75 Å². The Bertz CT molecular complexity index is 628. The lowest BCUT2D eigenvalue weighted by Gasteiger charge is -2.35. The van der Waals surface area contributed by atoms with Crippen LogP contribution in [0.2, 0.25) is 0 Å². The maximum Gasteiger partial charge on any atom is 0.123 e. The molecule has 0 aromatic heterocycles. The number of hydrogen-bond donors (Lipinski definition) is 1. The highest BCUT2D eigenvalue weighted by Gasteiger charge is 2.19. The van der Waals surface area contributed by atoms with Crippen LogP contribution in [0.4, 0.5) is 4.39 Å². The minimum absolute atomic E-state index is 0.249. The first-order valence-electron chi connectivity index (χ1n) is 8.77. The Morgan fingerprint density at radius 2 is 1.56 bits per heavy atom. The molecule has 134 valence electrons. The van der Waals surface area contributed by atoms with Crippen LogP contribution in [-0.4, -0.2) is 60.8 Å². The van der Waals surface area contributed by atoms with E-state index in [-0.39, 0.29) is 5.82 Å². The Kier molecular flexibility index (Phi) is 6.39. The van der Waals surface area contributed by atoms with Crippen molar-refractivity contribution in [1.29, 1.82) is 0 Å². The average molecular weight is 344 g/mol. The second-order valence-electron chi connectivity index (χ2n) is 6.37. The van der Waals surface area contributed by atoms with Crippen LogP contribution in [0, 0.1) is 5.82 Å². The smallest absolute Gasteiger partial charge is 0.123 e. The molecule has 0 amide bonds. The summed E-state index contributed by atoms with van der Waals surface area (Å²) in [6.07, 6.45) is -0.436. The normalized spacial score (nSPS) is 17.4. The number of ether oxygens (including phenoxy) is 1. The molecule has 1 aliphatic rings. The quantitative estimate of drug-likeness (QED) is 0.837. The van der Waals surface area contributed by atoms with Gasteiger partial charge in [0.1, 0.15) is 18.2 Å². The number of hydrogen-bond acceptors (Lipinski definition) is 4. The van der Waals surface area contributed by atoms with Crippen molar-refractivity contribution in [1.82, 2.24) is 9.80 Å². The molecule has 0 saturated carbocycles. The van der Waals surface area contributed by atoms with Gasteiger partial charge in [-0.05, 0) is 29.8 Å². The van der Waals surface area contributed by atoms with E-state index in [2.05, 4.69) is 9.80 Å². The molecule has 0 aliphatic carbocycles. The lowest BCUT2D eigenvalue weighted by molar-refractivity contribution is 0.0676. The Morgan fingerprint density at radius 1 is 0.920 bits per heavy atom. The van der Waals surface area contributed by atoms with Crippen molar-refractivity contribution in [2.24, 2.45) is 0 Å². The Morgan fingerprint density at radius 3 is 2.24 bits per heavy atom. The summed E-state index contributed by atoms with van der Waals surface area (Å²) in [4.78, 5) is 4.66. The van der Waals surface area contributed by atoms with Crippen LogP contribution in [0.15, 0.2) is 54.6 Å². The predicted octanol–water partition coefficient (Wildman–Crippen LogP) is 2.56. The first kappa shape index (κ1) is 17.9. The summed E-state index contributed by atoms with van der Waals surface area (Å²) in [5.74, 6) is 0.451. The number of halogens is 1. The van der Waals surface area contributed by atoms with Gasteiger partial charge in [-0.1, -0.05) is 30.3 Å². The molecule has 1 atom stereocenters. The van der Waals surface area contributed by atoms with Gasteiger partial charge in [-0.15, -0.1) is 0 Å². The molecule has 4 nitrogen and oxygen atoms in total. The highest BCUT2D eigenvalue weighted by atomic mass is 19.1. The van der Waals surface area contributed by atoms with Gasteiger partial charge in [0.2, 0.25) is 0 Å². The van der Waals surface area contributed by atoms with E-state index in [1.165, 1.54) is 12.1 Å². The number of aliphatic hydroxyl groups excluding tert-OH is 1. The third-order valence-electron chi connectivity index (χ3n) is 4.57. The zero-order chi connectivity index (χ0) is 17.5. The largest absolute Gasteiger partial charge is 0.492 e. The first-order chi connectivity index (χ1) is 12.2. The molecule has 25 heavy (non-hydrogen) atoms. The van der Waals surface area contributed by atoms with E-state index < -0.39 is 6.10 Å². The fraction of sp³-hybridized carbons (Fsp3) is 0.400. The minimum atomic E-state index is -0.436. The van der Waals surface area contributed by atoms with Crippen LogP contribution >= 0.6 is 0 Å². The van der Waals surface area contributed by atoms with E-state index in [4.69, 9.17) is 4.74 Å². The van der Waals surface area contributed by atoms with E-state index in [1.54, 1.807) is 12.1 Å². The van der Waals surface area contributed by atoms with E-state index in [0.717, 1.165) is 38.3 Å². The molecule has 2 aromatic rings. The van der Waals surface area contributed by atoms with Crippen LogP contribution < -0.4 is 4.74 Å². The molecule has 1 saturated heterocycles. The average Bonchev–Trinajstić information content (AvgIpc) is 2.65. The molecule has 2 aromatic carbocycles. The van der Waals surface area contributed by atoms with E-state index >= 15 is 0 Å². The summed E-state index contributed by atoms with van der Waals surface area (Å²) < 4.78 is 18.5. The zero-order valence-electron chi connectivity index (χ0n) is 14.4. The fourth-order valence-corrected chi connectivity index (χ4v) is 3.04. The van der Waals surface area contributed by atoms with Crippen LogP contribution in [-0.2, 0) is 0 Å². The number of nitrogens with zero attached hydrogens (tertiary/aromatic N) is 2. The third kappa shape index (κ3) is 5.53. The molecule has 1 aliphatic heterocycles. The molecule has 1 fully saturated rings. The summed E-state index contributed by atoms with van der Waals surface area (Å²) in [5, 5.41) is 10.3. The second-order valence-corrected chi connectivity index (χ2v) is 6.37. The number of rotatable bonds is 7. The molecule has 1 heterocycles. The molecular formula is C20H25FN2O2. The monoisotopic (exact) mass is 344 g/mol. The van der Waals surface area contributed by atoms with Crippen molar-refractivity contribution in [3.8, 4) is 5.75 Å². The van der Waals surface area contributed by atoms with Crippen molar-refractivity contribution in [3.05, 3.63) is 66.0 Å². The highest BCUT2D eigenvalue weighted by molar-refractivity contribution is 5.22. The highest BCUT2D eigenvalue weighted by Crippen LogP contribution is 2.15. The Hall–Kier alpha value is -1.95. The number of benzene rings is 2. The number of aliphatic hydroxyl groups is 1. The van der Waals surface area contributed by atoms with Gasteiger partial charge in [0, 0.05) is 39.3 Å². The molecule has 1 N–H and O–H groups in total. The van der Waals surface area contributed by atoms with Crippen molar-refractivity contribution in [2.45, 2.75) is 6.10 Å². The molecule has 0 bridgehead atoms. The summed E-state index contributed by atoms with van der Waals surface area (Å²) in [7, 11) is 0. The van der Waals surface area contributed by atoms with Crippen LogP contribution in [0.1, 0.15) is 11.7 Å². The van der Waals surface area contributed by atoms with E-state index in [0.29, 0.717) is 18.9 Å². The summed E-state index contributed by atoms with van der Waals surface area (Å²) in [6, 6.07) is 15.9. The first-order valence-corrected chi connectivity index (χ1v) is 8.77. The Labute approximate surface area is 148 Å². The van der Waals surface area contributed by atoms with Gasteiger partial charge in [0.05, 0.1) is 6.10 Å². The molecule has 3 rings (SSSR count). The predicted molar refractivity (Wildman–Crippen MR) is 96.2 cm³/mol. The minimum Gasteiger partial charge on any atom is -0.492 e. The lowest BCUT2D eigenvalue weighted by Crippen LogP contribution is -2.48. The van der Waals surface area contributed by atoms with Crippen LogP contribution in [0.25, 0.3) is 0 Å². The fourth-order valence-electron chi connectivity index (χ4n) is 3.04. The molecule has 0 spiro atoms. The van der Waals surface area contributed by atoms with Gasteiger partial charge < -0.3 is 9.84 Å². The standard InChI is InChI=1S/C20H25FN2O2/c21-18-6-8-19(9-7-18)25-15-14-22-10-12-23(13-11-22)16-20(24)17-4-2-1-3-5-17/h1-9,20,24H,10-16H2. The van der Waals surface area contributed by atoms with Crippen LogP contribution in [0.3, 0.4) is 0 Å². The lowest BCUT2D eigenvalue weighted by atomic mass is 10.1. The molecule has 1 unspecified atom stereocenters. The summed E-state index contributed by atoms with van der Waals surface area (Å²) in [6.45, 7) is 5.94. The SMILES string of the molecule is OC(CN1CCN(CCOc2ccc(F)cc2)CC1)c1ccccc1. The van der Waals surface area contributed by atoms with E-state index in [1.807, 2.05) is 30.3 Å². The van der Waals surface area contributed by atoms with Gasteiger partial charge in [0.25, 0.3) is 0 Å². The van der Waals surface area contributed by atoms with Crippen molar-refractivity contribution in [2.75, 3.05) is 45.9 Å². The van der Waals surface area contributed by atoms with Crippen molar-refractivity contribution in [3.63, 3.8) is 0 Å². The van der Waals surface area contributed by atoms with Gasteiger partial charge in [-0.2, -0.15) is 0 Å². The summed E-state index contributed by atoms with van der Waals surface area (Å²) in [5.41, 5.74) is 0.970. The maximum atomic E-state index is 12.8. The van der Waals surface area contributed by atoms with Gasteiger partial charge in [-0.25, -0.2) is 4.39 Å². The molecule has 0 radical (unpaired) electrons. The molecule has 5 heteroatoms. The van der Waals surface area contributed by atoms with E-state index in [9.17, 15) is 9.50 Å². The topological polar surface area (TPSA) is 35.9 Å². The number of β-amino-alcohol motifs (C(OH)–C–C–N with tert-alkyl or cyclic N) is 1. The molecular weight excluding hydrogens is 319 g/mol. The van der Waals surface area contributed by atoms with Crippen molar-refractivity contribution < 1.29 is 14.2 Å². The van der Waals surface area contributed by atoms with Gasteiger partial charge in [0.15, 0.2) is 0 Å². The van der Waals surface area contributed by atoms with Gasteiger partial charge >= 0.3 is 0 Å². The maximum absolute atomic E-state index is 12.8. The second kappa shape index (κ2) is 8.94. The zero-order valence-corrected chi connectivity index (χ0v) is 14.4. The summed E-state index contributed by atoms with van der Waals surface area (Å²) >= 11 is 0. The number of piperazine rings is 1. The third-order valence-corrected chi connectivity index (χ3v) is 4.57. The van der Waals surface area contributed by atoms with Gasteiger partial charge in [-0.3, -0.25) is 9.80 Å². The van der Waals surface area contributed by atoms with Crippen molar-refractivity contribution >= 4 is 0 Å². The Balaban J connectivity index is 1.35.